The second-order valence-electron chi connectivity index (χ2n) is 4.67. The summed E-state index contributed by atoms with van der Waals surface area (Å²) in [6.07, 6.45) is 4.39. The monoisotopic (exact) mass is 153 g/mol. The van der Waals surface area contributed by atoms with Gasteiger partial charge in [0.05, 0.1) is 0 Å². The molecule has 2 fully saturated rings. The summed E-state index contributed by atoms with van der Waals surface area (Å²) in [5.74, 6) is 1.96. The van der Waals surface area contributed by atoms with Crippen molar-refractivity contribution >= 4 is 0 Å². The van der Waals surface area contributed by atoms with Crippen LogP contribution in [0, 0.1) is 11.8 Å². The molecule has 0 bridgehead atoms. The number of fused-ring (bicyclic) bond motifs is 1. The molecule has 3 atom stereocenters. The van der Waals surface area contributed by atoms with Crippen molar-refractivity contribution in [3.63, 3.8) is 0 Å². The van der Waals surface area contributed by atoms with Crippen LogP contribution in [0.1, 0.15) is 33.1 Å². The molecule has 0 N–H and O–H groups in total. The van der Waals surface area contributed by atoms with Gasteiger partial charge in [-0.05, 0) is 38.1 Å². The van der Waals surface area contributed by atoms with Crippen LogP contribution in [-0.4, -0.2) is 24.0 Å². The molecular formula is C10H19N. The summed E-state index contributed by atoms with van der Waals surface area (Å²) in [4.78, 5) is 2.59. The summed E-state index contributed by atoms with van der Waals surface area (Å²) in [6, 6.07) is 1.92. The highest BCUT2D eigenvalue weighted by Gasteiger charge is 2.51. The Kier molecular flexibility index (Phi) is 1.71. The molecule has 0 amide bonds. The van der Waals surface area contributed by atoms with Gasteiger partial charge in [0.25, 0.3) is 0 Å². The number of likely N-dealkylation sites (tertiary alicyclic amines) is 1. The topological polar surface area (TPSA) is 3.24 Å². The summed E-state index contributed by atoms with van der Waals surface area (Å²) in [6.45, 7) is 4.67. The summed E-state index contributed by atoms with van der Waals surface area (Å²) in [7, 11) is 2.30. The van der Waals surface area contributed by atoms with Crippen LogP contribution in [0.5, 0.6) is 0 Å². The van der Waals surface area contributed by atoms with Gasteiger partial charge in [-0.25, -0.2) is 0 Å². The highest BCUT2D eigenvalue weighted by atomic mass is 15.3. The van der Waals surface area contributed by atoms with E-state index in [0.29, 0.717) is 0 Å². The van der Waals surface area contributed by atoms with E-state index in [-0.39, 0.29) is 0 Å². The van der Waals surface area contributed by atoms with Gasteiger partial charge in [0.2, 0.25) is 0 Å². The first-order chi connectivity index (χ1) is 5.20. The first kappa shape index (κ1) is 7.60. The Morgan fingerprint density at radius 3 is 2.45 bits per heavy atom. The SMILES string of the molecule is CC(C)CC1C2CCC2N1C. The molecule has 0 radical (unpaired) electrons. The zero-order valence-corrected chi connectivity index (χ0v) is 7.88. The van der Waals surface area contributed by atoms with Crippen molar-refractivity contribution < 1.29 is 0 Å². The van der Waals surface area contributed by atoms with Gasteiger partial charge < -0.3 is 0 Å². The Hall–Kier alpha value is -0.0400. The second kappa shape index (κ2) is 2.48. The average molecular weight is 153 g/mol. The third-order valence-corrected chi connectivity index (χ3v) is 3.54. The van der Waals surface area contributed by atoms with E-state index in [9.17, 15) is 0 Å². The Morgan fingerprint density at radius 2 is 2.09 bits per heavy atom. The molecule has 64 valence electrons. The molecule has 0 spiro atoms. The van der Waals surface area contributed by atoms with Gasteiger partial charge in [-0.2, -0.15) is 0 Å². The predicted octanol–water partition coefficient (Wildman–Crippen LogP) is 2.13. The van der Waals surface area contributed by atoms with Crippen LogP contribution in [0.4, 0.5) is 0 Å². The van der Waals surface area contributed by atoms with Crippen molar-refractivity contribution in [3.05, 3.63) is 0 Å². The fourth-order valence-electron chi connectivity index (χ4n) is 2.73. The van der Waals surface area contributed by atoms with Crippen molar-refractivity contribution in [1.82, 2.24) is 4.90 Å². The van der Waals surface area contributed by atoms with Crippen LogP contribution in [0.2, 0.25) is 0 Å². The minimum atomic E-state index is 0.879. The van der Waals surface area contributed by atoms with Gasteiger partial charge in [-0.15, -0.1) is 0 Å². The molecule has 0 aromatic carbocycles. The van der Waals surface area contributed by atoms with Gasteiger partial charge >= 0.3 is 0 Å². The zero-order valence-electron chi connectivity index (χ0n) is 7.88. The van der Waals surface area contributed by atoms with E-state index in [1.807, 2.05) is 0 Å². The summed E-state index contributed by atoms with van der Waals surface area (Å²) in [5.41, 5.74) is 0. The largest absolute Gasteiger partial charge is 0.300 e. The molecule has 1 saturated heterocycles. The smallest absolute Gasteiger partial charge is 0.0141 e. The minimum absolute atomic E-state index is 0.879. The van der Waals surface area contributed by atoms with E-state index in [1.54, 1.807) is 0 Å². The lowest BCUT2D eigenvalue weighted by atomic mass is 9.64. The van der Waals surface area contributed by atoms with E-state index in [4.69, 9.17) is 0 Å². The lowest BCUT2D eigenvalue weighted by molar-refractivity contribution is -0.110. The normalized spacial score (nSPS) is 43.1. The number of nitrogens with zero attached hydrogens (tertiary/aromatic N) is 1. The number of hydrogen-bond donors (Lipinski definition) is 0. The average Bonchev–Trinajstić information content (AvgIpc) is 1.83. The Bertz CT molecular complexity index is 147. The van der Waals surface area contributed by atoms with Crippen LogP contribution in [0.15, 0.2) is 0 Å². The third-order valence-electron chi connectivity index (χ3n) is 3.54. The molecule has 2 aliphatic rings. The molecule has 2 rings (SSSR count). The Labute approximate surface area is 69.8 Å². The quantitative estimate of drug-likeness (QED) is 0.587. The van der Waals surface area contributed by atoms with Crippen LogP contribution < -0.4 is 0 Å². The third kappa shape index (κ3) is 1.01. The molecule has 1 heteroatoms. The highest BCUT2D eigenvalue weighted by Crippen LogP contribution is 2.47. The van der Waals surface area contributed by atoms with Crippen molar-refractivity contribution in [1.29, 1.82) is 0 Å². The number of piperidine rings is 1. The highest BCUT2D eigenvalue weighted by molar-refractivity contribution is 5.05. The second-order valence-corrected chi connectivity index (χ2v) is 4.67. The summed E-state index contributed by atoms with van der Waals surface area (Å²) >= 11 is 0. The molecule has 1 aliphatic carbocycles. The molecular weight excluding hydrogens is 134 g/mol. The first-order valence-corrected chi connectivity index (χ1v) is 4.92. The van der Waals surface area contributed by atoms with Crippen molar-refractivity contribution in [2.45, 2.75) is 45.2 Å². The van der Waals surface area contributed by atoms with Crippen molar-refractivity contribution in [2.24, 2.45) is 11.8 Å². The molecule has 3 unspecified atom stereocenters. The van der Waals surface area contributed by atoms with Gasteiger partial charge in [0.1, 0.15) is 0 Å². The maximum atomic E-state index is 2.59. The lowest BCUT2D eigenvalue weighted by Gasteiger charge is -2.61. The summed E-state index contributed by atoms with van der Waals surface area (Å²) < 4.78 is 0. The standard InChI is InChI=1S/C10H19N/c1-7(2)6-10-8-4-5-9(8)11(10)3/h7-10H,4-6H2,1-3H3. The maximum absolute atomic E-state index is 2.59. The van der Waals surface area contributed by atoms with Crippen LogP contribution in [0.3, 0.4) is 0 Å². The molecule has 1 saturated carbocycles. The van der Waals surface area contributed by atoms with E-state index in [0.717, 1.165) is 23.9 Å². The molecule has 1 nitrogen and oxygen atoms in total. The fraction of sp³-hybridized carbons (Fsp3) is 1.00. The van der Waals surface area contributed by atoms with Gasteiger partial charge in [0.15, 0.2) is 0 Å². The Balaban J connectivity index is 1.86. The molecule has 1 heterocycles. The lowest BCUT2D eigenvalue weighted by Crippen LogP contribution is -2.67. The minimum Gasteiger partial charge on any atom is -0.300 e. The first-order valence-electron chi connectivity index (χ1n) is 4.92. The van der Waals surface area contributed by atoms with E-state index >= 15 is 0 Å². The predicted molar refractivity (Wildman–Crippen MR) is 47.5 cm³/mol. The van der Waals surface area contributed by atoms with Crippen LogP contribution >= 0.6 is 0 Å². The molecule has 1 aliphatic heterocycles. The summed E-state index contributed by atoms with van der Waals surface area (Å²) in [5, 5.41) is 0. The molecule has 0 aromatic heterocycles. The van der Waals surface area contributed by atoms with Crippen LogP contribution in [-0.2, 0) is 0 Å². The molecule has 0 aromatic rings. The molecule has 11 heavy (non-hydrogen) atoms. The van der Waals surface area contributed by atoms with Crippen molar-refractivity contribution in [3.8, 4) is 0 Å². The van der Waals surface area contributed by atoms with Gasteiger partial charge in [-0.1, -0.05) is 13.8 Å². The number of hydrogen-bond acceptors (Lipinski definition) is 1. The van der Waals surface area contributed by atoms with Crippen molar-refractivity contribution in [2.75, 3.05) is 7.05 Å². The zero-order chi connectivity index (χ0) is 8.01. The van der Waals surface area contributed by atoms with E-state index in [1.165, 1.54) is 19.3 Å². The number of rotatable bonds is 2. The Morgan fingerprint density at radius 1 is 1.36 bits per heavy atom. The van der Waals surface area contributed by atoms with Gasteiger partial charge in [0, 0.05) is 12.1 Å². The fourth-order valence-corrected chi connectivity index (χ4v) is 2.73. The maximum Gasteiger partial charge on any atom is 0.0141 e. The van der Waals surface area contributed by atoms with E-state index in [2.05, 4.69) is 25.8 Å². The van der Waals surface area contributed by atoms with E-state index < -0.39 is 0 Å². The van der Waals surface area contributed by atoms with Gasteiger partial charge in [-0.3, -0.25) is 4.90 Å². The van der Waals surface area contributed by atoms with Crippen LogP contribution in [0.25, 0.3) is 0 Å².